The van der Waals surface area contributed by atoms with Crippen LogP contribution in [0, 0.1) is 11.8 Å². The van der Waals surface area contributed by atoms with Crippen LogP contribution in [-0.4, -0.2) is 38.8 Å². The molecule has 2 aromatic heterocycles. The number of fused-ring (bicyclic) bond motifs is 1. The molecule has 1 aromatic carbocycles. The Balaban J connectivity index is 1.22. The maximum Gasteiger partial charge on any atom is 0.223 e. The predicted molar refractivity (Wildman–Crippen MR) is 106 cm³/mol. The molecular weight excluding hydrogens is 352 g/mol. The van der Waals surface area contributed by atoms with Crippen molar-refractivity contribution in [2.45, 2.75) is 31.7 Å². The molecule has 1 saturated heterocycles. The monoisotopic (exact) mass is 376 g/mol. The quantitative estimate of drug-likeness (QED) is 0.741. The highest BCUT2D eigenvalue weighted by Crippen LogP contribution is 2.41. The van der Waals surface area contributed by atoms with Gasteiger partial charge in [-0.15, -0.1) is 15.3 Å². The van der Waals surface area contributed by atoms with Crippen LogP contribution in [0.15, 0.2) is 48.8 Å². The first-order chi connectivity index (χ1) is 13.8. The summed E-state index contributed by atoms with van der Waals surface area (Å²) in [4.78, 5) is 15.2. The SMILES string of the molecule is O=C(NC(c1ccccc1)C1CC1)C1CCN(c2ccc3nncn3n2)CC1. The molecule has 1 amide bonds. The number of nitrogens with one attached hydrogen (secondary N) is 1. The number of benzene rings is 1. The molecule has 2 fully saturated rings. The maximum absolute atomic E-state index is 12.9. The van der Waals surface area contributed by atoms with Crippen LogP contribution in [0.4, 0.5) is 5.82 Å². The van der Waals surface area contributed by atoms with E-state index in [0.717, 1.165) is 37.4 Å². The Labute approximate surface area is 163 Å². The topological polar surface area (TPSA) is 75.4 Å². The van der Waals surface area contributed by atoms with E-state index in [1.165, 1.54) is 18.4 Å². The van der Waals surface area contributed by atoms with E-state index in [9.17, 15) is 4.79 Å². The third kappa shape index (κ3) is 3.44. The fourth-order valence-corrected chi connectivity index (χ4v) is 4.09. The molecule has 1 aliphatic heterocycles. The average Bonchev–Trinajstić information content (AvgIpc) is 3.48. The van der Waals surface area contributed by atoms with Crippen molar-refractivity contribution in [2.24, 2.45) is 11.8 Å². The molecule has 1 N–H and O–H groups in total. The van der Waals surface area contributed by atoms with E-state index in [1.54, 1.807) is 10.8 Å². The van der Waals surface area contributed by atoms with Gasteiger partial charge in [0.15, 0.2) is 5.65 Å². The summed E-state index contributed by atoms with van der Waals surface area (Å²) >= 11 is 0. The van der Waals surface area contributed by atoms with Crippen molar-refractivity contribution in [3.63, 3.8) is 0 Å². The Morgan fingerprint density at radius 2 is 1.82 bits per heavy atom. The van der Waals surface area contributed by atoms with Crippen LogP contribution in [-0.2, 0) is 4.79 Å². The molecule has 5 rings (SSSR count). The summed E-state index contributed by atoms with van der Waals surface area (Å²) in [7, 11) is 0. The molecule has 144 valence electrons. The zero-order valence-electron chi connectivity index (χ0n) is 15.7. The number of carbonyl (C=O) groups is 1. The summed E-state index contributed by atoms with van der Waals surface area (Å²) in [5, 5.41) is 15.8. The summed E-state index contributed by atoms with van der Waals surface area (Å²) in [6.45, 7) is 1.66. The molecular formula is C21H24N6O. The molecule has 3 heterocycles. The Bertz CT molecular complexity index is 959. The third-order valence-corrected chi connectivity index (χ3v) is 5.89. The summed E-state index contributed by atoms with van der Waals surface area (Å²) in [6.07, 6.45) is 5.71. The standard InChI is InChI=1S/C21H24N6O/c28-21(23-20(16-6-7-16)15-4-2-1-3-5-15)17-10-12-26(13-11-17)19-9-8-18-24-22-14-27(18)25-19/h1-5,8-9,14,16-17,20H,6-7,10-13H2,(H,23,28). The molecule has 1 atom stereocenters. The first-order valence-corrected chi connectivity index (χ1v) is 10.1. The minimum Gasteiger partial charge on any atom is -0.355 e. The van der Waals surface area contributed by atoms with Gasteiger partial charge in [0.25, 0.3) is 0 Å². The number of hydrogen-bond acceptors (Lipinski definition) is 5. The van der Waals surface area contributed by atoms with Gasteiger partial charge in [0.2, 0.25) is 5.91 Å². The number of carbonyl (C=O) groups excluding carboxylic acids is 1. The van der Waals surface area contributed by atoms with Crippen LogP contribution in [0.5, 0.6) is 0 Å². The lowest BCUT2D eigenvalue weighted by Gasteiger charge is -2.33. The van der Waals surface area contributed by atoms with Crippen molar-refractivity contribution >= 4 is 17.4 Å². The van der Waals surface area contributed by atoms with Crippen LogP contribution >= 0.6 is 0 Å². The number of piperidine rings is 1. The highest BCUT2D eigenvalue weighted by molar-refractivity contribution is 5.79. The van der Waals surface area contributed by atoms with E-state index >= 15 is 0 Å². The average molecular weight is 376 g/mol. The molecule has 28 heavy (non-hydrogen) atoms. The summed E-state index contributed by atoms with van der Waals surface area (Å²) in [5.74, 6) is 1.76. The fraction of sp³-hybridized carbons (Fsp3) is 0.429. The van der Waals surface area contributed by atoms with E-state index in [0.29, 0.717) is 5.92 Å². The van der Waals surface area contributed by atoms with Gasteiger partial charge < -0.3 is 10.2 Å². The second kappa shape index (κ2) is 7.22. The minimum atomic E-state index is 0.0693. The molecule has 0 bridgehead atoms. The van der Waals surface area contributed by atoms with Crippen molar-refractivity contribution in [2.75, 3.05) is 18.0 Å². The second-order valence-corrected chi connectivity index (χ2v) is 7.82. The van der Waals surface area contributed by atoms with Crippen LogP contribution in [0.3, 0.4) is 0 Å². The van der Waals surface area contributed by atoms with Gasteiger partial charge in [0.05, 0.1) is 6.04 Å². The minimum absolute atomic E-state index is 0.0693. The van der Waals surface area contributed by atoms with E-state index in [-0.39, 0.29) is 17.9 Å². The Hall–Kier alpha value is -2.96. The van der Waals surface area contributed by atoms with Gasteiger partial charge in [0.1, 0.15) is 12.1 Å². The van der Waals surface area contributed by atoms with Crippen molar-refractivity contribution < 1.29 is 4.79 Å². The Morgan fingerprint density at radius 3 is 2.57 bits per heavy atom. The second-order valence-electron chi connectivity index (χ2n) is 7.82. The molecule has 2 aliphatic rings. The molecule has 7 heteroatoms. The molecule has 3 aromatic rings. The molecule has 1 unspecified atom stereocenters. The van der Waals surface area contributed by atoms with Crippen molar-refractivity contribution in [1.82, 2.24) is 25.1 Å². The molecule has 7 nitrogen and oxygen atoms in total. The lowest BCUT2D eigenvalue weighted by atomic mass is 9.94. The normalized spacial score (nSPS) is 18.9. The number of hydrogen-bond donors (Lipinski definition) is 1. The zero-order valence-corrected chi connectivity index (χ0v) is 15.7. The van der Waals surface area contributed by atoms with Gasteiger partial charge in [-0.1, -0.05) is 30.3 Å². The largest absolute Gasteiger partial charge is 0.355 e. The van der Waals surface area contributed by atoms with E-state index in [2.05, 4.69) is 49.8 Å². The third-order valence-electron chi connectivity index (χ3n) is 5.89. The predicted octanol–water partition coefficient (Wildman–Crippen LogP) is 2.61. The molecule has 0 spiro atoms. The Kier molecular flexibility index (Phi) is 4.43. The highest BCUT2D eigenvalue weighted by atomic mass is 16.2. The lowest BCUT2D eigenvalue weighted by Crippen LogP contribution is -2.42. The van der Waals surface area contributed by atoms with E-state index < -0.39 is 0 Å². The van der Waals surface area contributed by atoms with Gasteiger partial charge >= 0.3 is 0 Å². The first-order valence-electron chi connectivity index (χ1n) is 10.1. The van der Waals surface area contributed by atoms with E-state index in [1.807, 2.05) is 18.2 Å². The van der Waals surface area contributed by atoms with Crippen LogP contribution in [0.25, 0.3) is 5.65 Å². The van der Waals surface area contributed by atoms with Gasteiger partial charge in [-0.3, -0.25) is 4.79 Å². The first kappa shape index (κ1) is 17.2. The van der Waals surface area contributed by atoms with Gasteiger partial charge in [0, 0.05) is 19.0 Å². The van der Waals surface area contributed by atoms with E-state index in [4.69, 9.17) is 0 Å². The molecule has 1 saturated carbocycles. The number of aromatic nitrogens is 4. The van der Waals surface area contributed by atoms with Crippen LogP contribution in [0.1, 0.15) is 37.3 Å². The fourth-order valence-electron chi connectivity index (χ4n) is 4.09. The van der Waals surface area contributed by atoms with Crippen molar-refractivity contribution in [1.29, 1.82) is 0 Å². The number of nitrogens with zero attached hydrogens (tertiary/aromatic N) is 5. The van der Waals surface area contributed by atoms with Crippen molar-refractivity contribution in [3.8, 4) is 0 Å². The zero-order chi connectivity index (χ0) is 18.9. The van der Waals surface area contributed by atoms with Gasteiger partial charge in [-0.2, -0.15) is 4.52 Å². The number of rotatable bonds is 5. The van der Waals surface area contributed by atoms with Gasteiger partial charge in [-0.25, -0.2) is 0 Å². The summed E-state index contributed by atoms with van der Waals surface area (Å²) in [5.41, 5.74) is 1.97. The van der Waals surface area contributed by atoms with Crippen molar-refractivity contribution in [3.05, 3.63) is 54.4 Å². The highest BCUT2D eigenvalue weighted by Gasteiger charge is 2.35. The number of amides is 1. The summed E-state index contributed by atoms with van der Waals surface area (Å²) in [6, 6.07) is 14.4. The maximum atomic E-state index is 12.9. The number of anilines is 1. The van der Waals surface area contributed by atoms with Gasteiger partial charge in [-0.05, 0) is 49.3 Å². The smallest absolute Gasteiger partial charge is 0.223 e. The van der Waals surface area contributed by atoms with Crippen LogP contribution in [0.2, 0.25) is 0 Å². The lowest BCUT2D eigenvalue weighted by molar-refractivity contribution is -0.126. The molecule has 0 radical (unpaired) electrons. The Morgan fingerprint density at radius 1 is 1.04 bits per heavy atom. The van der Waals surface area contributed by atoms with Crippen LogP contribution < -0.4 is 10.2 Å². The summed E-state index contributed by atoms with van der Waals surface area (Å²) < 4.78 is 1.69. The molecule has 1 aliphatic carbocycles.